The fourth-order valence-electron chi connectivity index (χ4n) is 2.95. The zero-order valence-electron chi connectivity index (χ0n) is 13.7. The van der Waals surface area contributed by atoms with Gasteiger partial charge in [0.1, 0.15) is 5.82 Å². The second kappa shape index (κ2) is 6.96. The third-order valence-corrected chi connectivity index (χ3v) is 4.33. The van der Waals surface area contributed by atoms with Crippen molar-refractivity contribution in [2.45, 2.75) is 25.7 Å². The summed E-state index contributed by atoms with van der Waals surface area (Å²) in [7, 11) is 0. The highest BCUT2D eigenvalue weighted by atomic mass is 19.1. The van der Waals surface area contributed by atoms with Crippen molar-refractivity contribution in [2.24, 2.45) is 0 Å². The summed E-state index contributed by atoms with van der Waals surface area (Å²) in [4.78, 5) is 6.59. The van der Waals surface area contributed by atoms with Gasteiger partial charge in [-0.2, -0.15) is 4.98 Å². The van der Waals surface area contributed by atoms with Gasteiger partial charge in [0.2, 0.25) is 5.82 Å². The average Bonchev–Trinajstić information content (AvgIpc) is 2.98. The molecule has 1 aromatic carbocycles. The molecule has 1 aliphatic rings. The molecule has 0 atom stereocenters. The number of anilines is 1. The zero-order valence-corrected chi connectivity index (χ0v) is 13.7. The van der Waals surface area contributed by atoms with Gasteiger partial charge in [-0.1, -0.05) is 18.0 Å². The summed E-state index contributed by atoms with van der Waals surface area (Å²) in [5.74, 6) is 1.27. The monoisotopic (exact) mass is 339 g/mol. The van der Waals surface area contributed by atoms with Gasteiger partial charge in [0, 0.05) is 18.7 Å². The van der Waals surface area contributed by atoms with Crippen molar-refractivity contribution in [3.05, 3.63) is 42.2 Å². The van der Waals surface area contributed by atoms with Crippen LogP contribution in [0.3, 0.4) is 0 Å². The van der Waals surface area contributed by atoms with Gasteiger partial charge in [-0.05, 0) is 49.2 Å². The Morgan fingerprint density at radius 3 is 2.32 bits per heavy atom. The zero-order chi connectivity index (χ0) is 17.1. The first-order valence-corrected chi connectivity index (χ1v) is 8.48. The lowest BCUT2D eigenvalue weighted by molar-refractivity contribution is 0.430. The molecule has 4 rings (SSSR count). The molecule has 0 radical (unpaired) electrons. The average molecular weight is 339 g/mol. The molecule has 2 aromatic heterocycles. The Bertz CT molecular complexity index is 823. The largest absolute Gasteiger partial charge is 0.355 e. The van der Waals surface area contributed by atoms with Crippen LogP contribution in [0.2, 0.25) is 0 Å². The maximum absolute atomic E-state index is 13.0. The number of nitrogens with zero attached hydrogens (tertiary/aromatic N) is 5. The SMILES string of the molecule is Fc1ccc(-c2noc(-c3ccc(N4CCCCCC4)nn3)n2)cc1. The third-order valence-electron chi connectivity index (χ3n) is 4.33. The van der Waals surface area contributed by atoms with Crippen LogP contribution in [-0.4, -0.2) is 33.4 Å². The van der Waals surface area contributed by atoms with E-state index in [2.05, 4.69) is 25.2 Å². The van der Waals surface area contributed by atoms with Gasteiger partial charge in [-0.3, -0.25) is 0 Å². The van der Waals surface area contributed by atoms with E-state index in [1.54, 1.807) is 12.1 Å². The molecule has 0 aliphatic carbocycles. The summed E-state index contributed by atoms with van der Waals surface area (Å²) in [6, 6.07) is 9.73. The van der Waals surface area contributed by atoms with E-state index in [1.807, 2.05) is 12.1 Å². The van der Waals surface area contributed by atoms with Crippen LogP contribution in [0.15, 0.2) is 40.9 Å². The van der Waals surface area contributed by atoms with Crippen molar-refractivity contribution in [1.29, 1.82) is 0 Å². The van der Waals surface area contributed by atoms with Crippen LogP contribution in [0.25, 0.3) is 23.0 Å². The van der Waals surface area contributed by atoms with Crippen LogP contribution in [-0.2, 0) is 0 Å². The van der Waals surface area contributed by atoms with E-state index in [9.17, 15) is 4.39 Å². The molecule has 0 unspecified atom stereocenters. The Hall–Kier alpha value is -2.83. The van der Waals surface area contributed by atoms with Crippen LogP contribution in [0.4, 0.5) is 10.2 Å². The first-order chi connectivity index (χ1) is 12.3. The topological polar surface area (TPSA) is 67.9 Å². The van der Waals surface area contributed by atoms with Crippen LogP contribution in [0.1, 0.15) is 25.7 Å². The minimum atomic E-state index is -0.303. The molecule has 1 saturated heterocycles. The molecule has 0 N–H and O–H groups in total. The van der Waals surface area contributed by atoms with E-state index in [1.165, 1.54) is 37.8 Å². The second-order valence-electron chi connectivity index (χ2n) is 6.11. The van der Waals surface area contributed by atoms with Gasteiger partial charge >= 0.3 is 0 Å². The first-order valence-electron chi connectivity index (χ1n) is 8.48. The van der Waals surface area contributed by atoms with Gasteiger partial charge in [-0.25, -0.2) is 4.39 Å². The summed E-state index contributed by atoms with van der Waals surface area (Å²) < 4.78 is 18.3. The summed E-state index contributed by atoms with van der Waals surface area (Å²) in [6.45, 7) is 2.03. The van der Waals surface area contributed by atoms with Gasteiger partial charge in [0.15, 0.2) is 11.5 Å². The Morgan fingerprint density at radius 2 is 1.64 bits per heavy atom. The predicted octanol–water partition coefficient (Wildman–Crippen LogP) is 3.71. The molecule has 1 fully saturated rings. The summed E-state index contributed by atoms with van der Waals surface area (Å²) >= 11 is 0. The molecule has 0 bridgehead atoms. The van der Waals surface area contributed by atoms with Crippen molar-refractivity contribution in [1.82, 2.24) is 20.3 Å². The van der Waals surface area contributed by atoms with Crippen molar-refractivity contribution in [2.75, 3.05) is 18.0 Å². The highest BCUT2D eigenvalue weighted by Gasteiger charge is 2.15. The van der Waals surface area contributed by atoms with Gasteiger partial charge < -0.3 is 9.42 Å². The number of hydrogen-bond donors (Lipinski definition) is 0. The number of rotatable bonds is 3. The van der Waals surface area contributed by atoms with E-state index < -0.39 is 0 Å². The molecule has 0 spiro atoms. The lowest BCUT2D eigenvalue weighted by atomic mass is 10.2. The maximum Gasteiger partial charge on any atom is 0.278 e. The lowest BCUT2D eigenvalue weighted by Gasteiger charge is -2.20. The normalized spacial score (nSPS) is 15.2. The minimum absolute atomic E-state index is 0.300. The third kappa shape index (κ3) is 3.50. The van der Waals surface area contributed by atoms with E-state index >= 15 is 0 Å². The predicted molar refractivity (Wildman–Crippen MR) is 91.4 cm³/mol. The molecular weight excluding hydrogens is 321 g/mol. The van der Waals surface area contributed by atoms with E-state index in [-0.39, 0.29) is 5.82 Å². The molecule has 3 aromatic rings. The van der Waals surface area contributed by atoms with Crippen LogP contribution in [0, 0.1) is 5.82 Å². The molecule has 6 nitrogen and oxygen atoms in total. The van der Waals surface area contributed by atoms with E-state index in [0.29, 0.717) is 23.0 Å². The Morgan fingerprint density at radius 1 is 0.880 bits per heavy atom. The summed E-state index contributed by atoms with van der Waals surface area (Å²) in [5, 5.41) is 12.5. The van der Waals surface area contributed by atoms with Crippen molar-refractivity contribution in [3.8, 4) is 23.0 Å². The Labute approximate surface area is 144 Å². The molecule has 7 heteroatoms. The number of hydrogen-bond acceptors (Lipinski definition) is 6. The lowest BCUT2D eigenvalue weighted by Crippen LogP contribution is -2.25. The highest BCUT2D eigenvalue weighted by Crippen LogP contribution is 2.22. The van der Waals surface area contributed by atoms with Crippen LogP contribution >= 0.6 is 0 Å². The fraction of sp³-hybridized carbons (Fsp3) is 0.333. The van der Waals surface area contributed by atoms with E-state index in [4.69, 9.17) is 4.52 Å². The Kier molecular flexibility index (Phi) is 4.37. The van der Waals surface area contributed by atoms with Gasteiger partial charge in [-0.15, -0.1) is 10.2 Å². The Balaban J connectivity index is 1.53. The fourth-order valence-corrected chi connectivity index (χ4v) is 2.95. The minimum Gasteiger partial charge on any atom is -0.355 e. The maximum atomic E-state index is 13.0. The molecule has 0 amide bonds. The van der Waals surface area contributed by atoms with Crippen molar-refractivity contribution >= 4 is 5.82 Å². The number of aromatic nitrogens is 4. The van der Waals surface area contributed by atoms with Crippen LogP contribution < -0.4 is 4.90 Å². The molecule has 3 heterocycles. The van der Waals surface area contributed by atoms with Gasteiger partial charge in [0.25, 0.3) is 5.89 Å². The van der Waals surface area contributed by atoms with Crippen molar-refractivity contribution in [3.63, 3.8) is 0 Å². The first kappa shape index (κ1) is 15.7. The summed E-state index contributed by atoms with van der Waals surface area (Å²) in [6.07, 6.45) is 4.93. The quantitative estimate of drug-likeness (QED) is 0.724. The highest BCUT2D eigenvalue weighted by molar-refractivity contribution is 5.58. The van der Waals surface area contributed by atoms with Gasteiger partial charge in [0.05, 0.1) is 0 Å². The van der Waals surface area contributed by atoms with E-state index in [0.717, 1.165) is 18.9 Å². The molecule has 25 heavy (non-hydrogen) atoms. The standard InChI is InChI=1S/C18H18FN5O/c19-14-7-5-13(6-8-14)17-20-18(25-23-17)15-9-10-16(22-21-15)24-11-3-1-2-4-12-24/h5-10H,1-4,11-12H2. The van der Waals surface area contributed by atoms with Crippen LogP contribution in [0.5, 0.6) is 0 Å². The second-order valence-corrected chi connectivity index (χ2v) is 6.11. The molecule has 0 saturated carbocycles. The summed E-state index contributed by atoms with van der Waals surface area (Å²) in [5.41, 5.74) is 1.21. The molecule has 128 valence electrons. The number of halogens is 1. The van der Waals surface area contributed by atoms with Crippen molar-refractivity contribution < 1.29 is 8.91 Å². The molecule has 1 aliphatic heterocycles. The smallest absolute Gasteiger partial charge is 0.278 e. The molecular formula is C18H18FN5O. The number of benzene rings is 1.